The number of non-ortho nitro benzene ring substituents is 1. The molecular formula is C23H18N2O7. The molecule has 4 rings (SSSR count). The highest BCUT2D eigenvalue weighted by Gasteiger charge is 2.49. The number of benzene rings is 2. The Morgan fingerprint density at radius 3 is 2.38 bits per heavy atom. The molecule has 9 heteroatoms. The largest absolute Gasteiger partial charge is 0.507 e. The van der Waals surface area contributed by atoms with Crippen LogP contribution in [0.5, 0.6) is 5.75 Å². The smallest absolute Gasteiger partial charge is 0.300 e. The number of Topliss-reactive ketones (excluding diaryl/α,β-unsaturated/α-hetero) is 1. The SMILES string of the molecule is COc1ccccc1N1C(=O)C(=O)/C(=C(\O)c2ccc([N+](=O)[O-])cc2)C1c1ccc(C)o1. The van der Waals surface area contributed by atoms with Crippen molar-refractivity contribution in [3.05, 3.63) is 93.4 Å². The molecule has 1 unspecified atom stereocenters. The van der Waals surface area contributed by atoms with E-state index in [1.54, 1.807) is 43.3 Å². The second-order valence-electron chi connectivity index (χ2n) is 7.09. The van der Waals surface area contributed by atoms with Gasteiger partial charge in [0.1, 0.15) is 29.1 Å². The van der Waals surface area contributed by atoms with Crippen molar-refractivity contribution in [2.75, 3.05) is 12.0 Å². The molecule has 0 aliphatic carbocycles. The topological polar surface area (TPSA) is 123 Å². The number of para-hydroxylation sites is 2. The monoisotopic (exact) mass is 434 g/mol. The van der Waals surface area contributed by atoms with E-state index in [0.29, 0.717) is 17.2 Å². The molecule has 1 atom stereocenters. The maximum absolute atomic E-state index is 13.1. The average molecular weight is 434 g/mol. The second-order valence-corrected chi connectivity index (χ2v) is 7.09. The van der Waals surface area contributed by atoms with Crippen LogP contribution in [-0.2, 0) is 9.59 Å². The predicted octanol–water partition coefficient (Wildman–Crippen LogP) is 4.13. The van der Waals surface area contributed by atoms with Crippen molar-refractivity contribution in [3.63, 3.8) is 0 Å². The van der Waals surface area contributed by atoms with E-state index in [1.165, 1.54) is 36.3 Å². The van der Waals surface area contributed by atoms with E-state index >= 15 is 0 Å². The highest BCUT2D eigenvalue weighted by Crippen LogP contribution is 2.45. The maximum Gasteiger partial charge on any atom is 0.300 e. The van der Waals surface area contributed by atoms with Gasteiger partial charge in [-0.25, -0.2) is 0 Å². The van der Waals surface area contributed by atoms with Gasteiger partial charge in [0.2, 0.25) is 0 Å². The zero-order chi connectivity index (χ0) is 23.0. The summed E-state index contributed by atoms with van der Waals surface area (Å²) in [7, 11) is 1.44. The lowest BCUT2D eigenvalue weighted by Gasteiger charge is -2.25. The highest BCUT2D eigenvalue weighted by atomic mass is 16.6. The molecule has 1 N–H and O–H groups in total. The van der Waals surface area contributed by atoms with Gasteiger partial charge in [-0.2, -0.15) is 0 Å². The number of anilines is 1. The van der Waals surface area contributed by atoms with E-state index in [0.717, 1.165) is 0 Å². The molecule has 1 aliphatic heterocycles. The number of nitro groups is 1. The van der Waals surface area contributed by atoms with E-state index in [9.17, 15) is 24.8 Å². The lowest BCUT2D eigenvalue weighted by Crippen LogP contribution is -2.29. The second kappa shape index (κ2) is 8.03. The third-order valence-electron chi connectivity index (χ3n) is 5.17. The number of furan rings is 1. The van der Waals surface area contributed by atoms with Crippen molar-refractivity contribution in [2.45, 2.75) is 13.0 Å². The van der Waals surface area contributed by atoms with Gasteiger partial charge in [0.25, 0.3) is 17.4 Å². The summed E-state index contributed by atoms with van der Waals surface area (Å²) in [4.78, 5) is 37.7. The Morgan fingerprint density at radius 2 is 1.78 bits per heavy atom. The number of ether oxygens (including phenoxy) is 1. The first-order chi connectivity index (χ1) is 15.3. The summed E-state index contributed by atoms with van der Waals surface area (Å²) in [5.74, 6) is -1.05. The summed E-state index contributed by atoms with van der Waals surface area (Å²) >= 11 is 0. The highest BCUT2D eigenvalue weighted by molar-refractivity contribution is 6.51. The minimum absolute atomic E-state index is 0.155. The number of hydrogen-bond acceptors (Lipinski definition) is 7. The first kappa shape index (κ1) is 20.9. The van der Waals surface area contributed by atoms with Gasteiger partial charge in [-0.3, -0.25) is 24.6 Å². The van der Waals surface area contributed by atoms with E-state index in [2.05, 4.69) is 0 Å². The third-order valence-corrected chi connectivity index (χ3v) is 5.17. The van der Waals surface area contributed by atoms with E-state index < -0.39 is 28.4 Å². The molecule has 9 nitrogen and oxygen atoms in total. The Kier molecular flexibility index (Phi) is 5.23. The Morgan fingerprint density at radius 1 is 1.09 bits per heavy atom. The molecule has 0 bridgehead atoms. The summed E-state index contributed by atoms with van der Waals surface area (Å²) < 4.78 is 11.1. The number of ketones is 1. The van der Waals surface area contributed by atoms with Crippen LogP contribution < -0.4 is 9.64 Å². The Hall–Kier alpha value is -4.40. The zero-order valence-electron chi connectivity index (χ0n) is 17.1. The Labute approximate surface area is 182 Å². The number of aliphatic hydroxyl groups excluding tert-OH is 1. The van der Waals surface area contributed by atoms with E-state index in [1.807, 2.05) is 0 Å². The van der Waals surface area contributed by atoms with Crippen molar-refractivity contribution < 1.29 is 28.8 Å². The van der Waals surface area contributed by atoms with Crippen molar-refractivity contribution in [1.29, 1.82) is 0 Å². The number of nitro benzene ring substituents is 1. The van der Waals surface area contributed by atoms with Crippen molar-refractivity contribution >= 4 is 28.8 Å². The molecule has 2 aromatic carbocycles. The molecule has 2 heterocycles. The molecule has 0 spiro atoms. The first-order valence-electron chi connectivity index (χ1n) is 9.58. The molecule has 32 heavy (non-hydrogen) atoms. The molecule has 0 saturated carbocycles. The van der Waals surface area contributed by atoms with Gasteiger partial charge in [0.05, 0.1) is 23.3 Å². The lowest BCUT2D eigenvalue weighted by atomic mass is 9.99. The molecular weight excluding hydrogens is 416 g/mol. The van der Waals surface area contributed by atoms with Gasteiger partial charge >= 0.3 is 0 Å². The maximum atomic E-state index is 13.1. The standard InChI is InChI=1S/C23H18N2O7/c1-13-7-12-18(32-13)20-19(21(26)14-8-10-15(11-9-14)25(29)30)22(27)23(28)24(20)16-5-3-4-6-17(16)31-2/h3-12,20,26H,1-2H3/b21-19-. The predicted molar refractivity (Wildman–Crippen MR) is 114 cm³/mol. The Bertz CT molecular complexity index is 1260. The summed E-state index contributed by atoms with van der Waals surface area (Å²) in [6, 6.07) is 14.0. The number of aryl methyl sites for hydroxylation is 1. The van der Waals surface area contributed by atoms with E-state index in [4.69, 9.17) is 9.15 Å². The van der Waals surface area contributed by atoms with Crippen molar-refractivity contribution in [3.8, 4) is 5.75 Å². The number of carbonyl (C=O) groups is 2. The van der Waals surface area contributed by atoms with Crippen LogP contribution in [0.4, 0.5) is 11.4 Å². The van der Waals surface area contributed by atoms with Gasteiger partial charge in [-0.05, 0) is 43.3 Å². The fourth-order valence-electron chi connectivity index (χ4n) is 3.68. The summed E-state index contributed by atoms with van der Waals surface area (Å²) in [5.41, 5.74) is 0.124. The van der Waals surface area contributed by atoms with Crippen LogP contribution in [-0.4, -0.2) is 28.8 Å². The van der Waals surface area contributed by atoms with Gasteiger partial charge in [-0.1, -0.05) is 12.1 Å². The summed E-state index contributed by atoms with van der Waals surface area (Å²) in [5, 5.41) is 21.9. The quantitative estimate of drug-likeness (QED) is 0.210. The molecule has 1 fully saturated rings. The molecule has 1 saturated heterocycles. The summed E-state index contributed by atoms with van der Waals surface area (Å²) in [6.07, 6.45) is 0. The van der Waals surface area contributed by atoms with Crippen LogP contribution in [0.1, 0.15) is 23.1 Å². The number of carbonyl (C=O) groups excluding carboxylic acids is 2. The number of hydrogen-bond donors (Lipinski definition) is 1. The fraction of sp³-hybridized carbons (Fsp3) is 0.130. The van der Waals surface area contributed by atoms with Gasteiger partial charge in [0.15, 0.2) is 0 Å². The van der Waals surface area contributed by atoms with Gasteiger partial charge in [-0.15, -0.1) is 0 Å². The fourth-order valence-corrected chi connectivity index (χ4v) is 3.68. The average Bonchev–Trinajstić information content (AvgIpc) is 3.34. The zero-order valence-corrected chi connectivity index (χ0v) is 17.1. The van der Waals surface area contributed by atoms with E-state index in [-0.39, 0.29) is 22.6 Å². The molecule has 162 valence electrons. The molecule has 3 aromatic rings. The van der Waals surface area contributed by atoms with Crippen molar-refractivity contribution in [2.24, 2.45) is 0 Å². The normalized spacial score (nSPS) is 17.6. The molecule has 0 radical (unpaired) electrons. The van der Waals surface area contributed by atoms with Crippen LogP contribution in [0.25, 0.3) is 5.76 Å². The minimum atomic E-state index is -1.06. The molecule has 1 aliphatic rings. The first-order valence-corrected chi connectivity index (χ1v) is 9.58. The number of nitrogens with zero attached hydrogens (tertiary/aromatic N) is 2. The van der Waals surface area contributed by atoms with Gasteiger partial charge in [0, 0.05) is 17.7 Å². The summed E-state index contributed by atoms with van der Waals surface area (Å²) in [6.45, 7) is 1.72. The molecule has 1 aromatic heterocycles. The van der Waals surface area contributed by atoms with Crippen LogP contribution in [0.3, 0.4) is 0 Å². The van der Waals surface area contributed by atoms with Crippen LogP contribution in [0, 0.1) is 17.0 Å². The number of amides is 1. The minimum Gasteiger partial charge on any atom is -0.507 e. The third kappa shape index (κ3) is 3.39. The number of rotatable bonds is 5. The van der Waals surface area contributed by atoms with Gasteiger partial charge < -0.3 is 14.3 Å². The van der Waals surface area contributed by atoms with Crippen LogP contribution >= 0.6 is 0 Å². The Balaban J connectivity index is 1.93. The number of methoxy groups -OCH3 is 1. The van der Waals surface area contributed by atoms with Crippen LogP contribution in [0.2, 0.25) is 0 Å². The molecule has 1 amide bonds. The lowest BCUT2D eigenvalue weighted by molar-refractivity contribution is -0.384. The number of aliphatic hydroxyl groups is 1. The van der Waals surface area contributed by atoms with Crippen LogP contribution in [0.15, 0.2) is 70.7 Å². The van der Waals surface area contributed by atoms with Crippen molar-refractivity contribution in [1.82, 2.24) is 0 Å².